The van der Waals surface area contributed by atoms with E-state index in [0.717, 1.165) is 11.6 Å². The number of ether oxygens (including phenoxy) is 1. The van der Waals surface area contributed by atoms with Gasteiger partial charge in [-0.05, 0) is 34.5 Å². The first-order valence-electron chi connectivity index (χ1n) is 3.85. The molecule has 1 rings (SSSR count). The van der Waals surface area contributed by atoms with Crippen LogP contribution in [0.1, 0.15) is 5.56 Å². The van der Waals surface area contributed by atoms with Crippen LogP contribution in [0.2, 0.25) is 0 Å². The Labute approximate surface area is 89.5 Å². The number of carbonyl (C=O) groups excluding carboxylic acids is 1. The van der Waals surface area contributed by atoms with Crippen LogP contribution >= 0.6 is 15.9 Å². The fraction of sp³-hybridized carbons (Fsp3) is 0.100. The van der Waals surface area contributed by atoms with Gasteiger partial charge in [-0.25, -0.2) is 9.18 Å². The molecule has 0 saturated heterocycles. The zero-order chi connectivity index (χ0) is 10.7. The van der Waals surface area contributed by atoms with E-state index in [2.05, 4.69) is 27.2 Å². The first-order chi connectivity index (χ1) is 6.56. The number of carbonyl (C=O) groups is 1. The van der Waals surface area contributed by atoms with Gasteiger partial charge in [-0.15, -0.1) is 0 Å². The topological polar surface area (TPSA) is 26.3 Å². The summed E-state index contributed by atoms with van der Waals surface area (Å²) in [5, 5.41) is 0. The van der Waals surface area contributed by atoms with Crippen LogP contribution in [-0.4, -0.2) is 5.97 Å². The summed E-state index contributed by atoms with van der Waals surface area (Å²) in [6.07, 6.45) is 0.979. The third-order valence-corrected chi connectivity index (χ3v) is 2.59. The molecule has 0 saturated carbocycles. The molecule has 2 nitrogen and oxygen atoms in total. The normalized spacial score (nSPS) is 9.64. The molecule has 0 spiro atoms. The lowest BCUT2D eigenvalue weighted by Gasteiger charge is -2.05. The van der Waals surface area contributed by atoms with Gasteiger partial charge in [-0.3, -0.25) is 0 Å². The van der Waals surface area contributed by atoms with E-state index in [-0.39, 0.29) is 5.75 Å². The molecule has 1 aromatic rings. The SMILES string of the molecule is C=CC(=O)Oc1ccc(C)c(Br)c1F. The molecule has 0 N–H and O–H groups in total. The molecule has 0 unspecified atom stereocenters. The van der Waals surface area contributed by atoms with E-state index in [1.165, 1.54) is 6.07 Å². The summed E-state index contributed by atoms with van der Waals surface area (Å²) in [5.41, 5.74) is 0.737. The molecule has 0 aromatic heterocycles. The van der Waals surface area contributed by atoms with E-state index in [1.807, 2.05) is 0 Å². The minimum atomic E-state index is -0.681. The molecule has 0 aliphatic rings. The molecule has 0 amide bonds. The van der Waals surface area contributed by atoms with Crippen molar-refractivity contribution in [1.82, 2.24) is 0 Å². The second kappa shape index (κ2) is 4.37. The average molecular weight is 259 g/mol. The molecule has 0 fully saturated rings. The summed E-state index contributed by atoms with van der Waals surface area (Å²) >= 11 is 3.05. The van der Waals surface area contributed by atoms with Gasteiger partial charge in [0.1, 0.15) is 0 Å². The van der Waals surface area contributed by atoms with Gasteiger partial charge in [0, 0.05) is 6.08 Å². The van der Waals surface area contributed by atoms with E-state index >= 15 is 0 Å². The predicted molar refractivity (Wildman–Crippen MR) is 54.7 cm³/mol. The third kappa shape index (κ3) is 2.20. The van der Waals surface area contributed by atoms with Gasteiger partial charge in [-0.2, -0.15) is 0 Å². The molecule has 0 atom stereocenters. The van der Waals surface area contributed by atoms with Gasteiger partial charge in [0.05, 0.1) is 4.47 Å². The number of benzene rings is 1. The van der Waals surface area contributed by atoms with Crippen LogP contribution in [0.5, 0.6) is 5.75 Å². The maximum absolute atomic E-state index is 13.4. The summed E-state index contributed by atoms with van der Waals surface area (Å²) in [5.74, 6) is -1.37. The maximum atomic E-state index is 13.4. The first kappa shape index (κ1) is 10.9. The number of aryl methyl sites for hydroxylation is 1. The van der Waals surface area contributed by atoms with Crippen molar-refractivity contribution in [2.75, 3.05) is 0 Å². The Hall–Kier alpha value is -1.16. The van der Waals surface area contributed by atoms with Crippen molar-refractivity contribution < 1.29 is 13.9 Å². The van der Waals surface area contributed by atoms with Crippen molar-refractivity contribution in [3.63, 3.8) is 0 Å². The van der Waals surface area contributed by atoms with E-state index in [1.54, 1.807) is 13.0 Å². The molecule has 1 aromatic carbocycles. The van der Waals surface area contributed by atoms with Gasteiger partial charge >= 0.3 is 5.97 Å². The van der Waals surface area contributed by atoms with E-state index in [0.29, 0.717) is 4.47 Å². The molecular weight excluding hydrogens is 251 g/mol. The van der Waals surface area contributed by atoms with E-state index in [4.69, 9.17) is 0 Å². The summed E-state index contributed by atoms with van der Waals surface area (Å²) in [6, 6.07) is 3.05. The molecule has 0 aliphatic heterocycles. The quantitative estimate of drug-likeness (QED) is 0.463. The highest BCUT2D eigenvalue weighted by Crippen LogP contribution is 2.28. The standard InChI is InChI=1S/C10H8BrFO2/c1-3-8(13)14-7-5-4-6(2)9(11)10(7)12/h3-5H,1H2,2H3. The molecule has 4 heteroatoms. The van der Waals surface area contributed by atoms with Crippen LogP contribution in [0, 0.1) is 12.7 Å². The zero-order valence-electron chi connectivity index (χ0n) is 7.51. The van der Waals surface area contributed by atoms with Gasteiger partial charge in [0.2, 0.25) is 0 Å². The largest absolute Gasteiger partial charge is 0.420 e. The lowest BCUT2D eigenvalue weighted by atomic mass is 10.2. The third-order valence-electron chi connectivity index (χ3n) is 1.62. The number of halogens is 2. The van der Waals surface area contributed by atoms with Gasteiger partial charge in [0.25, 0.3) is 0 Å². The number of rotatable bonds is 2. The second-order valence-corrected chi connectivity index (χ2v) is 3.43. The molecule has 0 heterocycles. The second-order valence-electron chi connectivity index (χ2n) is 2.63. The molecule has 0 bridgehead atoms. The Morgan fingerprint density at radius 2 is 2.29 bits per heavy atom. The van der Waals surface area contributed by atoms with Gasteiger partial charge in [-0.1, -0.05) is 12.6 Å². The molecule has 0 radical (unpaired) electrons. The van der Waals surface area contributed by atoms with Crippen molar-refractivity contribution in [1.29, 1.82) is 0 Å². The van der Waals surface area contributed by atoms with Crippen LogP contribution in [0.3, 0.4) is 0 Å². The Kier molecular flexibility index (Phi) is 3.41. The minimum Gasteiger partial charge on any atom is -0.420 e. The molecule has 74 valence electrons. The van der Waals surface area contributed by atoms with Crippen LogP contribution in [-0.2, 0) is 4.79 Å². The summed E-state index contributed by atoms with van der Waals surface area (Å²) in [4.78, 5) is 10.8. The fourth-order valence-electron chi connectivity index (χ4n) is 0.857. The summed E-state index contributed by atoms with van der Waals surface area (Å²) in [6.45, 7) is 4.96. The zero-order valence-corrected chi connectivity index (χ0v) is 9.10. The van der Waals surface area contributed by atoms with E-state index < -0.39 is 11.8 Å². The molecule has 14 heavy (non-hydrogen) atoms. The number of esters is 1. The monoisotopic (exact) mass is 258 g/mol. The highest BCUT2D eigenvalue weighted by atomic mass is 79.9. The number of hydrogen-bond acceptors (Lipinski definition) is 2. The van der Waals surface area contributed by atoms with Crippen molar-refractivity contribution in [3.05, 3.63) is 40.6 Å². The smallest absolute Gasteiger partial charge is 0.335 e. The predicted octanol–water partition coefficient (Wildman–Crippen LogP) is 2.99. The molecule has 0 aliphatic carbocycles. The Morgan fingerprint density at radius 1 is 1.64 bits per heavy atom. The van der Waals surface area contributed by atoms with Crippen molar-refractivity contribution >= 4 is 21.9 Å². The van der Waals surface area contributed by atoms with Crippen LogP contribution in [0.4, 0.5) is 4.39 Å². The summed E-state index contributed by atoms with van der Waals surface area (Å²) < 4.78 is 18.4. The Morgan fingerprint density at radius 3 is 2.86 bits per heavy atom. The van der Waals surface area contributed by atoms with E-state index in [9.17, 15) is 9.18 Å². The van der Waals surface area contributed by atoms with Crippen molar-refractivity contribution in [3.8, 4) is 5.75 Å². The number of hydrogen-bond donors (Lipinski definition) is 0. The fourth-order valence-corrected chi connectivity index (χ4v) is 1.18. The maximum Gasteiger partial charge on any atom is 0.335 e. The Bertz CT molecular complexity index is 388. The Balaban J connectivity index is 3.05. The van der Waals surface area contributed by atoms with Crippen LogP contribution in [0.15, 0.2) is 29.3 Å². The highest BCUT2D eigenvalue weighted by molar-refractivity contribution is 9.10. The minimum absolute atomic E-state index is 0.104. The van der Waals surface area contributed by atoms with Crippen molar-refractivity contribution in [2.45, 2.75) is 6.92 Å². The highest BCUT2D eigenvalue weighted by Gasteiger charge is 2.11. The van der Waals surface area contributed by atoms with Crippen LogP contribution < -0.4 is 4.74 Å². The van der Waals surface area contributed by atoms with Gasteiger partial charge < -0.3 is 4.74 Å². The van der Waals surface area contributed by atoms with Gasteiger partial charge in [0.15, 0.2) is 11.6 Å². The lowest BCUT2D eigenvalue weighted by Crippen LogP contribution is -2.05. The van der Waals surface area contributed by atoms with Crippen LogP contribution in [0.25, 0.3) is 0 Å². The average Bonchev–Trinajstić information content (AvgIpc) is 2.19. The van der Waals surface area contributed by atoms with Crippen molar-refractivity contribution in [2.24, 2.45) is 0 Å². The summed E-state index contributed by atoms with van der Waals surface area (Å²) in [7, 11) is 0. The molecular formula is C10H8BrFO2. The lowest BCUT2D eigenvalue weighted by molar-refractivity contribution is -0.129. The first-order valence-corrected chi connectivity index (χ1v) is 4.64.